The molecule has 0 unspecified atom stereocenters. The van der Waals surface area contributed by atoms with Gasteiger partial charge in [-0.25, -0.2) is 9.50 Å². The summed E-state index contributed by atoms with van der Waals surface area (Å²) in [5, 5.41) is 7.23. The molecule has 1 amide bonds. The van der Waals surface area contributed by atoms with Gasteiger partial charge in [-0.3, -0.25) is 9.69 Å². The molecule has 1 N–H and O–H groups in total. The number of hydrogen-bond donors (Lipinski definition) is 1. The maximum absolute atomic E-state index is 12.4. The number of amides is 1. The van der Waals surface area contributed by atoms with Crippen LogP contribution < -0.4 is 5.32 Å². The summed E-state index contributed by atoms with van der Waals surface area (Å²) in [7, 11) is 0. The quantitative estimate of drug-likeness (QED) is 0.921. The summed E-state index contributed by atoms with van der Waals surface area (Å²) in [5.74, 6) is 1.13. The van der Waals surface area contributed by atoms with Gasteiger partial charge in [-0.05, 0) is 52.1 Å². The molecule has 0 bridgehead atoms. The Balaban J connectivity index is 1.63. The highest BCUT2D eigenvalue weighted by molar-refractivity contribution is 5.90. The number of fused-ring (bicyclic) bond motifs is 1. The van der Waals surface area contributed by atoms with Crippen molar-refractivity contribution in [3.8, 4) is 0 Å². The molecule has 0 aromatic carbocycles. The van der Waals surface area contributed by atoms with Gasteiger partial charge in [0.1, 0.15) is 0 Å². The van der Waals surface area contributed by atoms with Crippen molar-refractivity contribution in [1.82, 2.24) is 29.8 Å². The van der Waals surface area contributed by atoms with Crippen molar-refractivity contribution in [2.24, 2.45) is 5.92 Å². The second kappa shape index (κ2) is 6.84. The van der Waals surface area contributed by atoms with Crippen LogP contribution in [0.25, 0.3) is 5.78 Å². The first-order valence-corrected chi connectivity index (χ1v) is 8.67. The standard InChI is InChI=1S/C17H26N6O/c1-11-6-5-7-22(10-11)14(4)9-18-16(24)15-20-17-19-12(2)8-13(3)23(17)21-15/h8,11,14H,5-7,9-10H2,1-4H3,(H,18,24)/t11-,14-/m1/s1. The van der Waals surface area contributed by atoms with Crippen LogP contribution in [0, 0.1) is 19.8 Å². The molecule has 2 atom stereocenters. The first-order chi connectivity index (χ1) is 11.4. The van der Waals surface area contributed by atoms with Crippen molar-refractivity contribution >= 4 is 11.7 Å². The minimum atomic E-state index is -0.241. The Morgan fingerprint density at radius 1 is 1.42 bits per heavy atom. The number of nitrogens with one attached hydrogen (secondary N) is 1. The number of hydrogen-bond acceptors (Lipinski definition) is 5. The topological polar surface area (TPSA) is 75.4 Å². The lowest BCUT2D eigenvalue weighted by molar-refractivity contribution is 0.0908. The van der Waals surface area contributed by atoms with Gasteiger partial charge in [-0.1, -0.05) is 6.92 Å². The monoisotopic (exact) mass is 330 g/mol. The van der Waals surface area contributed by atoms with Crippen LogP contribution in [0.2, 0.25) is 0 Å². The van der Waals surface area contributed by atoms with E-state index in [2.05, 4.69) is 39.1 Å². The Labute approximate surface area is 142 Å². The molecule has 0 spiro atoms. The van der Waals surface area contributed by atoms with Crippen molar-refractivity contribution < 1.29 is 4.79 Å². The molecule has 2 aromatic heterocycles. The molecule has 2 aromatic rings. The molecule has 7 nitrogen and oxygen atoms in total. The van der Waals surface area contributed by atoms with Crippen LogP contribution in [0.5, 0.6) is 0 Å². The predicted molar refractivity (Wildman–Crippen MR) is 92.0 cm³/mol. The van der Waals surface area contributed by atoms with Crippen molar-refractivity contribution in [3.63, 3.8) is 0 Å². The predicted octanol–water partition coefficient (Wildman–Crippen LogP) is 1.59. The Hall–Kier alpha value is -2.02. The van der Waals surface area contributed by atoms with Crippen LogP contribution in [0.3, 0.4) is 0 Å². The minimum Gasteiger partial charge on any atom is -0.348 e. The van der Waals surface area contributed by atoms with E-state index in [0.717, 1.165) is 30.4 Å². The van der Waals surface area contributed by atoms with E-state index in [4.69, 9.17) is 0 Å². The average molecular weight is 330 g/mol. The fourth-order valence-corrected chi connectivity index (χ4v) is 3.34. The molecule has 3 rings (SSSR count). The second-order valence-corrected chi connectivity index (χ2v) is 6.99. The zero-order valence-electron chi connectivity index (χ0n) is 14.9. The van der Waals surface area contributed by atoms with Gasteiger partial charge in [0.15, 0.2) is 0 Å². The lowest BCUT2D eigenvalue weighted by Gasteiger charge is -2.35. The number of carbonyl (C=O) groups excluding carboxylic acids is 1. The Kier molecular flexibility index (Phi) is 4.80. The van der Waals surface area contributed by atoms with Gasteiger partial charge in [-0.2, -0.15) is 4.98 Å². The van der Waals surface area contributed by atoms with Crippen molar-refractivity contribution in [3.05, 3.63) is 23.3 Å². The summed E-state index contributed by atoms with van der Waals surface area (Å²) in [6.07, 6.45) is 2.53. The summed E-state index contributed by atoms with van der Waals surface area (Å²) in [6, 6.07) is 2.24. The van der Waals surface area contributed by atoms with E-state index in [0.29, 0.717) is 18.4 Å². The Bertz CT molecular complexity index is 740. The van der Waals surface area contributed by atoms with Gasteiger partial charge in [0.05, 0.1) is 0 Å². The van der Waals surface area contributed by atoms with Crippen LogP contribution in [0.1, 0.15) is 48.7 Å². The van der Waals surface area contributed by atoms with Gasteiger partial charge in [-0.15, -0.1) is 5.10 Å². The number of rotatable bonds is 4. The molecular weight excluding hydrogens is 304 g/mol. The molecule has 1 saturated heterocycles. The lowest BCUT2D eigenvalue weighted by Crippen LogP contribution is -2.46. The first-order valence-electron chi connectivity index (χ1n) is 8.67. The summed E-state index contributed by atoms with van der Waals surface area (Å²) in [4.78, 5) is 23.4. The van der Waals surface area contributed by atoms with Crippen LogP contribution in [0.4, 0.5) is 0 Å². The van der Waals surface area contributed by atoms with E-state index in [1.165, 1.54) is 12.8 Å². The van der Waals surface area contributed by atoms with Gasteiger partial charge in [0.2, 0.25) is 5.82 Å². The molecule has 1 aliphatic heterocycles. The van der Waals surface area contributed by atoms with Crippen molar-refractivity contribution in [2.75, 3.05) is 19.6 Å². The van der Waals surface area contributed by atoms with E-state index in [9.17, 15) is 4.79 Å². The van der Waals surface area contributed by atoms with E-state index < -0.39 is 0 Å². The van der Waals surface area contributed by atoms with Crippen LogP contribution in [-0.2, 0) is 0 Å². The zero-order chi connectivity index (χ0) is 17.3. The molecule has 24 heavy (non-hydrogen) atoms. The highest BCUT2D eigenvalue weighted by atomic mass is 16.2. The largest absolute Gasteiger partial charge is 0.348 e. The molecule has 130 valence electrons. The number of carbonyl (C=O) groups is 1. The normalized spacial score (nSPS) is 20.2. The summed E-state index contributed by atoms with van der Waals surface area (Å²) < 4.78 is 1.61. The smallest absolute Gasteiger partial charge is 0.291 e. The second-order valence-electron chi connectivity index (χ2n) is 6.99. The number of piperidine rings is 1. The van der Waals surface area contributed by atoms with Crippen molar-refractivity contribution in [2.45, 2.75) is 46.6 Å². The molecule has 3 heterocycles. The van der Waals surface area contributed by atoms with Gasteiger partial charge in [0.25, 0.3) is 11.7 Å². The van der Waals surface area contributed by atoms with Gasteiger partial charge in [0, 0.05) is 30.5 Å². The molecule has 7 heteroatoms. The zero-order valence-corrected chi connectivity index (χ0v) is 14.9. The Morgan fingerprint density at radius 3 is 2.96 bits per heavy atom. The molecule has 0 aliphatic carbocycles. The third kappa shape index (κ3) is 3.56. The lowest BCUT2D eigenvalue weighted by atomic mass is 9.99. The number of aryl methyl sites for hydroxylation is 2. The van der Waals surface area contributed by atoms with E-state index in [1.807, 2.05) is 19.9 Å². The van der Waals surface area contributed by atoms with E-state index >= 15 is 0 Å². The molecular formula is C17H26N6O. The number of likely N-dealkylation sites (tertiary alicyclic amines) is 1. The summed E-state index contributed by atoms with van der Waals surface area (Å²) in [6.45, 7) is 11.1. The highest BCUT2D eigenvalue weighted by Gasteiger charge is 2.22. The fourth-order valence-electron chi connectivity index (χ4n) is 3.34. The Morgan fingerprint density at radius 2 is 2.21 bits per heavy atom. The van der Waals surface area contributed by atoms with Gasteiger partial charge < -0.3 is 5.32 Å². The van der Waals surface area contributed by atoms with E-state index in [-0.39, 0.29) is 11.7 Å². The summed E-state index contributed by atoms with van der Waals surface area (Å²) in [5.41, 5.74) is 1.78. The molecule has 0 saturated carbocycles. The minimum absolute atomic E-state index is 0.176. The SMILES string of the molecule is Cc1cc(C)n2nc(C(=O)NC[C@@H](C)N3CCC[C@@H](C)C3)nc2n1. The summed E-state index contributed by atoms with van der Waals surface area (Å²) >= 11 is 0. The maximum atomic E-state index is 12.4. The van der Waals surface area contributed by atoms with Crippen molar-refractivity contribution in [1.29, 1.82) is 0 Å². The number of aromatic nitrogens is 4. The molecule has 1 fully saturated rings. The maximum Gasteiger partial charge on any atom is 0.291 e. The average Bonchev–Trinajstić information content (AvgIpc) is 2.96. The van der Waals surface area contributed by atoms with Crippen LogP contribution in [0.15, 0.2) is 6.07 Å². The fraction of sp³-hybridized carbons (Fsp3) is 0.647. The van der Waals surface area contributed by atoms with E-state index in [1.54, 1.807) is 4.52 Å². The molecule has 0 radical (unpaired) electrons. The first kappa shape index (κ1) is 16.8. The van der Waals surface area contributed by atoms with Crippen LogP contribution >= 0.6 is 0 Å². The highest BCUT2D eigenvalue weighted by Crippen LogP contribution is 2.17. The van der Waals surface area contributed by atoms with Gasteiger partial charge >= 0.3 is 0 Å². The molecule has 1 aliphatic rings. The number of nitrogens with zero attached hydrogens (tertiary/aromatic N) is 5. The van der Waals surface area contributed by atoms with Crippen LogP contribution in [-0.4, -0.2) is 56.1 Å². The third-order valence-electron chi connectivity index (χ3n) is 4.69. The third-order valence-corrected chi connectivity index (χ3v) is 4.69.